The quantitative estimate of drug-likeness (QED) is 0.835. The third-order valence-corrected chi connectivity index (χ3v) is 5.11. The van der Waals surface area contributed by atoms with Crippen molar-refractivity contribution < 1.29 is 4.39 Å². The lowest BCUT2D eigenvalue weighted by molar-refractivity contribution is 0.0632. The highest BCUT2D eigenvalue weighted by molar-refractivity contribution is 5.09. The summed E-state index contributed by atoms with van der Waals surface area (Å²) in [6, 6.07) is 0.419. The number of aromatic nitrogens is 3. The first kappa shape index (κ1) is 14.0. The molecule has 0 spiro atoms. The van der Waals surface area contributed by atoms with Crippen LogP contribution in [0.25, 0.3) is 0 Å². The van der Waals surface area contributed by atoms with E-state index in [1.54, 1.807) is 0 Å². The smallest absolute Gasteiger partial charge is 0.158 e. The molecule has 1 saturated heterocycles. The molecule has 1 aliphatic heterocycles. The van der Waals surface area contributed by atoms with Crippen LogP contribution in [0, 0.1) is 5.92 Å². The summed E-state index contributed by atoms with van der Waals surface area (Å²) in [5, 5.41) is 8.37. The van der Waals surface area contributed by atoms with E-state index in [4.69, 9.17) is 0 Å². The van der Waals surface area contributed by atoms with Gasteiger partial charge in [0.1, 0.15) is 5.69 Å². The van der Waals surface area contributed by atoms with Crippen molar-refractivity contribution in [2.24, 2.45) is 5.92 Å². The Labute approximate surface area is 120 Å². The van der Waals surface area contributed by atoms with Crippen LogP contribution in [0.5, 0.6) is 0 Å². The molecule has 1 saturated carbocycles. The van der Waals surface area contributed by atoms with Gasteiger partial charge < -0.3 is 4.90 Å². The Balaban J connectivity index is 1.70. The zero-order valence-corrected chi connectivity index (χ0v) is 12.6. The number of piperidine rings is 1. The van der Waals surface area contributed by atoms with E-state index in [2.05, 4.69) is 22.1 Å². The van der Waals surface area contributed by atoms with Crippen LogP contribution in [-0.4, -0.2) is 40.0 Å². The average Bonchev–Trinajstić information content (AvgIpc) is 2.94. The number of nitrogens with zero attached hydrogens (tertiary/aromatic N) is 4. The second-order valence-electron chi connectivity index (χ2n) is 6.77. The molecule has 0 N–H and O–H groups in total. The van der Waals surface area contributed by atoms with Crippen molar-refractivity contribution in [2.45, 2.75) is 57.2 Å². The summed E-state index contributed by atoms with van der Waals surface area (Å²) in [7, 11) is 2.04. The molecule has 3 rings (SSSR count). The molecule has 0 unspecified atom stereocenters. The zero-order chi connectivity index (χ0) is 14.2. The molecular weight excluding hydrogens is 255 g/mol. The SMILES string of the molecule is CC1CCC(n2cc(C3(F)CCN(C)CC3)nn2)CC1. The Morgan fingerprint density at radius 3 is 2.50 bits per heavy atom. The Bertz CT molecular complexity index is 442. The van der Waals surface area contributed by atoms with Gasteiger partial charge in [-0.15, -0.1) is 5.10 Å². The predicted octanol–water partition coefficient (Wildman–Crippen LogP) is 2.92. The molecule has 2 fully saturated rings. The van der Waals surface area contributed by atoms with Crippen LogP contribution in [0.3, 0.4) is 0 Å². The second kappa shape index (κ2) is 5.43. The van der Waals surface area contributed by atoms with Crippen LogP contribution in [0.2, 0.25) is 0 Å². The number of hydrogen-bond donors (Lipinski definition) is 0. The maximum Gasteiger partial charge on any atom is 0.158 e. The monoisotopic (exact) mass is 280 g/mol. The minimum atomic E-state index is -1.27. The van der Waals surface area contributed by atoms with Crippen LogP contribution in [0.4, 0.5) is 4.39 Å². The first-order chi connectivity index (χ1) is 9.57. The molecule has 5 heteroatoms. The third kappa shape index (κ3) is 2.73. The fourth-order valence-corrected chi connectivity index (χ4v) is 3.40. The van der Waals surface area contributed by atoms with E-state index in [0.717, 1.165) is 31.8 Å². The van der Waals surface area contributed by atoms with Gasteiger partial charge in [-0.1, -0.05) is 12.1 Å². The molecule has 0 amide bonds. The van der Waals surface area contributed by atoms with E-state index < -0.39 is 5.67 Å². The fraction of sp³-hybridized carbons (Fsp3) is 0.867. The van der Waals surface area contributed by atoms with Crippen molar-refractivity contribution in [1.82, 2.24) is 19.9 Å². The van der Waals surface area contributed by atoms with Crippen molar-refractivity contribution in [3.63, 3.8) is 0 Å². The van der Waals surface area contributed by atoms with Gasteiger partial charge in [0.15, 0.2) is 5.67 Å². The van der Waals surface area contributed by atoms with E-state index in [1.165, 1.54) is 12.8 Å². The number of hydrogen-bond acceptors (Lipinski definition) is 3. The molecule has 112 valence electrons. The molecule has 0 bridgehead atoms. The molecule has 0 radical (unpaired) electrons. The molecule has 1 aliphatic carbocycles. The highest BCUT2D eigenvalue weighted by atomic mass is 19.1. The summed E-state index contributed by atoms with van der Waals surface area (Å²) < 4.78 is 16.9. The summed E-state index contributed by atoms with van der Waals surface area (Å²) in [5.41, 5.74) is -0.726. The summed E-state index contributed by atoms with van der Waals surface area (Å²) in [6.45, 7) is 3.90. The maximum absolute atomic E-state index is 15.0. The van der Waals surface area contributed by atoms with Gasteiger partial charge in [0.25, 0.3) is 0 Å². The van der Waals surface area contributed by atoms with Crippen molar-refractivity contribution in [2.75, 3.05) is 20.1 Å². The van der Waals surface area contributed by atoms with Gasteiger partial charge in [-0.2, -0.15) is 0 Å². The molecule has 2 heterocycles. The molecule has 1 aromatic heterocycles. The Hall–Kier alpha value is -0.970. The van der Waals surface area contributed by atoms with Gasteiger partial charge in [-0.25, -0.2) is 9.07 Å². The molecular formula is C15H25FN4. The van der Waals surface area contributed by atoms with Crippen molar-refractivity contribution in [3.05, 3.63) is 11.9 Å². The van der Waals surface area contributed by atoms with Gasteiger partial charge in [0, 0.05) is 25.9 Å². The molecule has 2 aliphatic rings. The Morgan fingerprint density at radius 2 is 1.85 bits per heavy atom. The number of rotatable bonds is 2. The van der Waals surface area contributed by atoms with E-state index >= 15 is 0 Å². The van der Waals surface area contributed by atoms with Gasteiger partial charge in [0.05, 0.1) is 12.2 Å². The minimum Gasteiger partial charge on any atom is -0.306 e. The van der Waals surface area contributed by atoms with Gasteiger partial charge in [0.2, 0.25) is 0 Å². The lowest BCUT2D eigenvalue weighted by atomic mass is 9.87. The molecule has 1 aromatic rings. The topological polar surface area (TPSA) is 34.0 Å². The zero-order valence-electron chi connectivity index (χ0n) is 12.6. The summed E-state index contributed by atoms with van der Waals surface area (Å²) >= 11 is 0. The van der Waals surface area contributed by atoms with Crippen LogP contribution in [0.15, 0.2) is 6.20 Å². The standard InChI is InChI=1S/C15H25FN4/c1-12-3-5-13(6-4-12)20-11-14(17-18-20)15(16)7-9-19(2)10-8-15/h11-13H,3-10H2,1-2H3. The van der Waals surface area contributed by atoms with E-state index in [-0.39, 0.29) is 0 Å². The highest BCUT2D eigenvalue weighted by Gasteiger charge is 2.38. The van der Waals surface area contributed by atoms with E-state index in [1.807, 2.05) is 17.9 Å². The first-order valence-electron chi connectivity index (χ1n) is 7.86. The molecule has 20 heavy (non-hydrogen) atoms. The number of likely N-dealkylation sites (tertiary alicyclic amines) is 1. The minimum absolute atomic E-state index is 0.419. The molecule has 0 atom stereocenters. The van der Waals surface area contributed by atoms with E-state index in [0.29, 0.717) is 24.6 Å². The predicted molar refractivity (Wildman–Crippen MR) is 76.2 cm³/mol. The van der Waals surface area contributed by atoms with Crippen LogP contribution >= 0.6 is 0 Å². The lowest BCUT2D eigenvalue weighted by Gasteiger charge is -2.32. The van der Waals surface area contributed by atoms with Gasteiger partial charge >= 0.3 is 0 Å². The van der Waals surface area contributed by atoms with E-state index in [9.17, 15) is 4.39 Å². The fourth-order valence-electron chi connectivity index (χ4n) is 3.40. The van der Waals surface area contributed by atoms with Crippen molar-refractivity contribution in [3.8, 4) is 0 Å². The highest BCUT2D eigenvalue weighted by Crippen LogP contribution is 2.37. The van der Waals surface area contributed by atoms with Crippen LogP contribution < -0.4 is 0 Å². The van der Waals surface area contributed by atoms with Crippen LogP contribution in [0.1, 0.15) is 57.2 Å². The van der Waals surface area contributed by atoms with Crippen molar-refractivity contribution >= 4 is 0 Å². The second-order valence-corrected chi connectivity index (χ2v) is 6.77. The molecule has 4 nitrogen and oxygen atoms in total. The Morgan fingerprint density at radius 1 is 1.20 bits per heavy atom. The van der Waals surface area contributed by atoms with Gasteiger partial charge in [-0.05, 0) is 38.6 Å². The Kier molecular flexibility index (Phi) is 3.80. The number of halogens is 1. The third-order valence-electron chi connectivity index (χ3n) is 5.11. The largest absolute Gasteiger partial charge is 0.306 e. The lowest BCUT2D eigenvalue weighted by Crippen LogP contribution is -2.38. The first-order valence-corrected chi connectivity index (χ1v) is 7.86. The average molecular weight is 280 g/mol. The van der Waals surface area contributed by atoms with Gasteiger partial charge in [-0.3, -0.25) is 0 Å². The summed E-state index contributed by atoms with van der Waals surface area (Å²) in [5.74, 6) is 0.815. The normalized spacial score (nSPS) is 31.4. The summed E-state index contributed by atoms with van der Waals surface area (Å²) in [4.78, 5) is 2.17. The maximum atomic E-state index is 15.0. The number of alkyl halides is 1. The molecule has 0 aromatic carbocycles. The van der Waals surface area contributed by atoms with Crippen LogP contribution in [-0.2, 0) is 5.67 Å². The van der Waals surface area contributed by atoms with Crippen molar-refractivity contribution in [1.29, 1.82) is 0 Å². The summed E-state index contributed by atoms with van der Waals surface area (Å²) in [6.07, 6.45) is 7.70.